The minimum atomic E-state index is 0.176. The van der Waals surface area contributed by atoms with E-state index < -0.39 is 0 Å². The maximum atomic E-state index is 12.0. The van der Waals surface area contributed by atoms with E-state index in [0.29, 0.717) is 5.92 Å². The van der Waals surface area contributed by atoms with E-state index in [1.807, 2.05) is 0 Å². The highest BCUT2D eigenvalue weighted by Gasteiger charge is 2.15. The average molecular weight is 210 g/mol. The molecule has 3 heteroatoms. The van der Waals surface area contributed by atoms with Gasteiger partial charge in [0.05, 0.1) is 0 Å². The van der Waals surface area contributed by atoms with Crippen molar-refractivity contribution in [2.75, 3.05) is 0 Å². The second kappa shape index (κ2) is 5.19. The smallest absolute Gasteiger partial charge is 0.270 e. The molecule has 0 spiro atoms. The number of hydrogen-bond donors (Lipinski definition) is 1. The van der Waals surface area contributed by atoms with Crippen LogP contribution in [0.1, 0.15) is 57.7 Å². The highest BCUT2D eigenvalue weighted by atomic mass is 16.1. The van der Waals surface area contributed by atoms with Gasteiger partial charge in [0, 0.05) is 17.8 Å². The number of nitrogens with zero attached hydrogens (tertiary/aromatic N) is 1. The molecule has 0 aliphatic heterocycles. The first-order valence-electron chi connectivity index (χ1n) is 5.93. The molecule has 1 rings (SSSR count). The lowest BCUT2D eigenvalue weighted by Gasteiger charge is -2.01. The lowest BCUT2D eigenvalue weighted by Crippen LogP contribution is -2.19. The third-order valence-electron chi connectivity index (χ3n) is 2.74. The average Bonchev–Trinajstić information content (AvgIpc) is 2.52. The summed E-state index contributed by atoms with van der Waals surface area (Å²) in [5, 5.41) is 3.22. The van der Waals surface area contributed by atoms with E-state index >= 15 is 0 Å². The fourth-order valence-corrected chi connectivity index (χ4v) is 1.89. The van der Waals surface area contributed by atoms with E-state index in [2.05, 4.69) is 32.8 Å². The Morgan fingerprint density at radius 1 is 1.33 bits per heavy atom. The van der Waals surface area contributed by atoms with Crippen molar-refractivity contribution in [3.8, 4) is 0 Å². The molecule has 1 N–H and O–H groups in total. The maximum absolute atomic E-state index is 12.0. The number of hydrogen-bond acceptors (Lipinski definition) is 1. The molecule has 0 aliphatic rings. The van der Waals surface area contributed by atoms with Gasteiger partial charge in [0.2, 0.25) is 0 Å². The van der Waals surface area contributed by atoms with E-state index in [1.54, 1.807) is 4.68 Å². The first-order chi connectivity index (χ1) is 7.11. The van der Waals surface area contributed by atoms with Crippen molar-refractivity contribution >= 4 is 0 Å². The van der Waals surface area contributed by atoms with Crippen LogP contribution in [0.5, 0.6) is 0 Å². The minimum absolute atomic E-state index is 0.176. The molecule has 0 fully saturated rings. The lowest BCUT2D eigenvalue weighted by molar-refractivity contribution is 0.551. The van der Waals surface area contributed by atoms with Gasteiger partial charge in [-0.3, -0.25) is 14.6 Å². The Morgan fingerprint density at radius 2 is 2.00 bits per heavy atom. The van der Waals surface area contributed by atoms with Gasteiger partial charge in [-0.25, -0.2) is 0 Å². The van der Waals surface area contributed by atoms with Gasteiger partial charge in [0.15, 0.2) is 0 Å². The molecule has 0 saturated heterocycles. The molecule has 0 saturated carbocycles. The van der Waals surface area contributed by atoms with Crippen LogP contribution in [-0.4, -0.2) is 9.78 Å². The van der Waals surface area contributed by atoms with Crippen LogP contribution >= 0.6 is 0 Å². The zero-order valence-electron chi connectivity index (χ0n) is 10.3. The van der Waals surface area contributed by atoms with Gasteiger partial charge in [-0.1, -0.05) is 34.1 Å². The van der Waals surface area contributed by atoms with Crippen LogP contribution in [0.4, 0.5) is 0 Å². The monoisotopic (exact) mass is 210 g/mol. The van der Waals surface area contributed by atoms with E-state index in [1.165, 1.54) is 0 Å². The van der Waals surface area contributed by atoms with Crippen molar-refractivity contribution in [2.45, 2.75) is 59.4 Å². The summed E-state index contributed by atoms with van der Waals surface area (Å²) in [6.45, 7) is 9.19. The highest BCUT2D eigenvalue weighted by Crippen LogP contribution is 2.14. The van der Waals surface area contributed by atoms with Crippen LogP contribution in [0.25, 0.3) is 0 Å². The topological polar surface area (TPSA) is 37.8 Å². The first-order valence-corrected chi connectivity index (χ1v) is 5.93. The van der Waals surface area contributed by atoms with Crippen molar-refractivity contribution in [2.24, 2.45) is 0 Å². The van der Waals surface area contributed by atoms with Gasteiger partial charge >= 0.3 is 0 Å². The van der Waals surface area contributed by atoms with Gasteiger partial charge in [-0.05, 0) is 18.8 Å². The molecule has 86 valence electrons. The summed E-state index contributed by atoms with van der Waals surface area (Å²) >= 11 is 0. The summed E-state index contributed by atoms with van der Waals surface area (Å²) in [6, 6.07) is 0. The molecule has 0 aliphatic carbocycles. The number of aromatic amines is 1. The standard InChI is InChI=1S/C12H22N2O/c1-5-7-8-14-12(15)11(9(3)4)10(6-2)13-14/h9,13H,5-8H2,1-4H3. The van der Waals surface area contributed by atoms with Gasteiger partial charge in [-0.2, -0.15) is 0 Å². The molecule has 0 aromatic carbocycles. The fraction of sp³-hybridized carbons (Fsp3) is 0.750. The summed E-state index contributed by atoms with van der Waals surface area (Å²) in [5.74, 6) is 0.312. The predicted octanol–water partition coefficient (Wildman–Crippen LogP) is 2.66. The SMILES string of the molecule is CCCCn1[nH]c(CC)c(C(C)C)c1=O. The Bertz CT molecular complexity index is 360. The number of aromatic nitrogens is 2. The maximum Gasteiger partial charge on any atom is 0.270 e. The Morgan fingerprint density at radius 3 is 2.40 bits per heavy atom. The Kier molecular flexibility index (Phi) is 4.18. The van der Waals surface area contributed by atoms with Crippen LogP contribution in [0, 0.1) is 0 Å². The molecule has 1 aromatic rings. The molecule has 15 heavy (non-hydrogen) atoms. The van der Waals surface area contributed by atoms with Crippen molar-refractivity contribution in [3.63, 3.8) is 0 Å². The lowest BCUT2D eigenvalue weighted by atomic mass is 10.0. The van der Waals surface area contributed by atoms with Crippen LogP contribution in [0.2, 0.25) is 0 Å². The quantitative estimate of drug-likeness (QED) is 0.797. The summed E-state index contributed by atoms with van der Waals surface area (Å²) in [5.41, 5.74) is 2.25. The van der Waals surface area contributed by atoms with Gasteiger partial charge in [0.25, 0.3) is 5.56 Å². The van der Waals surface area contributed by atoms with Crippen molar-refractivity contribution in [1.82, 2.24) is 9.78 Å². The summed E-state index contributed by atoms with van der Waals surface area (Å²) < 4.78 is 1.76. The van der Waals surface area contributed by atoms with Crippen LogP contribution in [0.3, 0.4) is 0 Å². The number of unbranched alkanes of at least 4 members (excludes halogenated alkanes) is 1. The van der Waals surface area contributed by atoms with Gasteiger partial charge in [-0.15, -0.1) is 0 Å². The van der Waals surface area contributed by atoms with E-state index in [4.69, 9.17) is 0 Å². The molecule has 0 atom stereocenters. The summed E-state index contributed by atoms with van der Waals surface area (Å²) in [6.07, 6.45) is 3.08. The second-order valence-corrected chi connectivity index (χ2v) is 4.32. The molecule has 0 unspecified atom stereocenters. The van der Waals surface area contributed by atoms with Crippen LogP contribution in [0.15, 0.2) is 4.79 Å². The zero-order valence-corrected chi connectivity index (χ0v) is 10.3. The Balaban J connectivity index is 3.05. The first kappa shape index (κ1) is 12.1. The van der Waals surface area contributed by atoms with Crippen molar-refractivity contribution in [1.29, 1.82) is 0 Å². The second-order valence-electron chi connectivity index (χ2n) is 4.32. The van der Waals surface area contributed by atoms with Crippen LogP contribution < -0.4 is 5.56 Å². The largest absolute Gasteiger partial charge is 0.299 e. The third-order valence-corrected chi connectivity index (χ3v) is 2.74. The number of H-pyrrole nitrogens is 1. The van der Waals surface area contributed by atoms with Gasteiger partial charge in [0.1, 0.15) is 0 Å². The summed E-state index contributed by atoms with van der Waals surface area (Å²) in [4.78, 5) is 12.0. The molecule has 0 bridgehead atoms. The number of aryl methyl sites for hydroxylation is 2. The van der Waals surface area contributed by atoms with E-state index in [-0.39, 0.29) is 5.56 Å². The minimum Gasteiger partial charge on any atom is -0.299 e. The molecule has 1 heterocycles. The molecule has 3 nitrogen and oxygen atoms in total. The molecular weight excluding hydrogens is 188 g/mol. The fourth-order valence-electron chi connectivity index (χ4n) is 1.89. The Hall–Kier alpha value is -0.990. The predicted molar refractivity (Wildman–Crippen MR) is 63.4 cm³/mol. The Labute approximate surface area is 91.5 Å². The highest BCUT2D eigenvalue weighted by molar-refractivity contribution is 5.20. The third kappa shape index (κ3) is 2.52. The molecule has 0 radical (unpaired) electrons. The summed E-state index contributed by atoms with van der Waals surface area (Å²) in [7, 11) is 0. The van der Waals surface area contributed by atoms with Crippen molar-refractivity contribution in [3.05, 3.63) is 21.6 Å². The molecule has 1 aromatic heterocycles. The molecular formula is C12H22N2O. The molecule has 0 amide bonds. The normalized spacial score (nSPS) is 11.3. The van der Waals surface area contributed by atoms with Crippen LogP contribution in [-0.2, 0) is 13.0 Å². The van der Waals surface area contributed by atoms with Crippen molar-refractivity contribution < 1.29 is 0 Å². The number of rotatable bonds is 5. The van der Waals surface area contributed by atoms with E-state index in [0.717, 1.165) is 37.1 Å². The zero-order chi connectivity index (χ0) is 11.4. The number of nitrogens with one attached hydrogen (secondary N) is 1. The van der Waals surface area contributed by atoms with Gasteiger partial charge < -0.3 is 0 Å². The van der Waals surface area contributed by atoms with E-state index in [9.17, 15) is 4.79 Å².